The van der Waals surface area contributed by atoms with Gasteiger partial charge in [-0.1, -0.05) is 18.0 Å². The van der Waals surface area contributed by atoms with Crippen LogP contribution in [-0.4, -0.2) is 37.5 Å². The first-order valence-corrected chi connectivity index (χ1v) is 8.89. The van der Waals surface area contributed by atoms with Gasteiger partial charge in [-0.25, -0.2) is 9.67 Å². The third kappa shape index (κ3) is 2.38. The zero-order valence-electron chi connectivity index (χ0n) is 13.9. The Bertz CT molecular complexity index is 873. The summed E-state index contributed by atoms with van der Waals surface area (Å²) in [6.07, 6.45) is 11.2. The van der Waals surface area contributed by atoms with Crippen LogP contribution in [0.15, 0.2) is 41.3 Å². The molecule has 0 radical (unpaired) electrons. The van der Waals surface area contributed by atoms with Gasteiger partial charge >= 0.3 is 0 Å². The Morgan fingerprint density at radius 3 is 3.16 bits per heavy atom. The fourth-order valence-electron chi connectivity index (χ4n) is 4.30. The van der Waals surface area contributed by atoms with Gasteiger partial charge in [0.05, 0.1) is 5.41 Å². The standard InChI is InChI=1S/C18H20N6O/c1-2-6-18(7-10-19-14(18)4-1)17-22-16(23-25-17)13-5-9-20-15(12-13)24-11-3-8-21-24/h3,5,8-9,11-12,14,19H,1-2,4,6-7,10H2/t14-,18+/m0/s1. The molecule has 4 heterocycles. The molecule has 25 heavy (non-hydrogen) atoms. The van der Waals surface area contributed by atoms with Gasteiger partial charge in [-0.15, -0.1) is 0 Å². The van der Waals surface area contributed by atoms with Crippen LogP contribution < -0.4 is 5.32 Å². The van der Waals surface area contributed by atoms with E-state index in [1.807, 2.05) is 24.4 Å². The monoisotopic (exact) mass is 336 g/mol. The molecule has 3 aromatic rings. The normalized spacial score (nSPS) is 25.8. The molecule has 5 rings (SSSR count). The van der Waals surface area contributed by atoms with E-state index in [0.29, 0.717) is 11.9 Å². The molecule has 1 saturated carbocycles. The van der Waals surface area contributed by atoms with Crippen molar-refractivity contribution in [3.05, 3.63) is 42.7 Å². The third-order valence-electron chi connectivity index (χ3n) is 5.59. The Labute approximate surface area is 145 Å². The molecule has 0 spiro atoms. The molecule has 2 fully saturated rings. The van der Waals surface area contributed by atoms with Gasteiger partial charge in [-0.2, -0.15) is 10.1 Å². The van der Waals surface area contributed by atoms with Crippen molar-refractivity contribution >= 4 is 0 Å². The molecule has 0 amide bonds. The number of pyridine rings is 1. The van der Waals surface area contributed by atoms with Crippen LogP contribution in [0.1, 0.15) is 38.0 Å². The average molecular weight is 336 g/mol. The first-order valence-electron chi connectivity index (χ1n) is 8.89. The van der Waals surface area contributed by atoms with Gasteiger partial charge in [0.15, 0.2) is 5.82 Å². The van der Waals surface area contributed by atoms with Crippen LogP contribution in [0.3, 0.4) is 0 Å². The molecule has 128 valence electrons. The van der Waals surface area contributed by atoms with Crippen molar-refractivity contribution in [3.8, 4) is 17.2 Å². The van der Waals surface area contributed by atoms with Crippen LogP contribution in [0, 0.1) is 0 Å². The Hall–Kier alpha value is -2.54. The van der Waals surface area contributed by atoms with E-state index in [1.165, 1.54) is 19.3 Å². The summed E-state index contributed by atoms with van der Waals surface area (Å²) in [6, 6.07) is 6.18. The number of fused-ring (bicyclic) bond motifs is 1. The highest BCUT2D eigenvalue weighted by Crippen LogP contribution is 2.44. The first kappa shape index (κ1) is 14.8. The third-order valence-corrected chi connectivity index (χ3v) is 5.59. The van der Waals surface area contributed by atoms with E-state index in [2.05, 4.69) is 20.6 Å². The van der Waals surface area contributed by atoms with Gasteiger partial charge in [0.1, 0.15) is 0 Å². The van der Waals surface area contributed by atoms with Gasteiger partial charge < -0.3 is 9.84 Å². The predicted octanol–water partition coefficient (Wildman–Crippen LogP) is 2.49. The lowest BCUT2D eigenvalue weighted by molar-refractivity contribution is 0.199. The lowest BCUT2D eigenvalue weighted by atomic mass is 9.70. The van der Waals surface area contributed by atoms with E-state index in [0.717, 1.165) is 36.7 Å². The number of nitrogens with one attached hydrogen (secondary N) is 1. The maximum absolute atomic E-state index is 5.75. The lowest BCUT2D eigenvalue weighted by Gasteiger charge is -2.35. The smallest absolute Gasteiger partial charge is 0.234 e. The molecule has 2 atom stereocenters. The number of hydrogen-bond acceptors (Lipinski definition) is 6. The summed E-state index contributed by atoms with van der Waals surface area (Å²) in [5.74, 6) is 2.15. The summed E-state index contributed by atoms with van der Waals surface area (Å²) in [7, 11) is 0. The topological polar surface area (TPSA) is 81.7 Å². The van der Waals surface area contributed by atoms with Gasteiger partial charge in [0.25, 0.3) is 0 Å². The van der Waals surface area contributed by atoms with Crippen LogP contribution in [0.2, 0.25) is 0 Å². The van der Waals surface area contributed by atoms with E-state index in [1.54, 1.807) is 17.1 Å². The lowest BCUT2D eigenvalue weighted by Crippen LogP contribution is -2.43. The van der Waals surface area contributed by atoms with Crippen LogP contribution in [0.5, 0.6) is 0 Å². The van der Waals surface area contributed by atoms with Crippen molar-refractivity contribution in [2.24, 2.45) is 0 Å². The molecular weight excluding hydrogens is 316 g/mol. The SMILES string of the molecule is c1cnn(-c2cc(-c3noc([C@@]45CCCC[C@@H]4NCC5)n3)ccn2)c1. The maximum atomic E-state index is 5.75. The van der Waals surface area contributed by atoms with Crippen LogP contribution in [0.4, 0.5) is 0 Å². The number of aromatic nitrogens is 5. The van der Waals surface area contributed by atoms with E-state index in [9.17, 15) is 0 Å². The molecule has 7 heteroatoms. The Balaban J connectivity index is 1.50. The summed E-state index contributed by atoms with van der Waals surface area (Å²) in [6.45, 7) is 1.03. The van der Waals surface area contributed by atoms with Crippen molar-refractivity contribution in [1.82, 2.24) is 30.2 Å². The van der Waals surface area contributed by atoms with Crippen molar-refractivity contribution in [1.29, 1.82) is 0 Å². The Morgan fingerprint density at radius 2 is 2.24 bits per heavy atom. The highest BCUT2D eigenvalue weighted by Gasteiger charge is 2.49. The zero-order chi connectivity index (χ0) is 16.7. The molecule has 2 aliphatic rings. The number of hydrogen-bond donors (Lipinski definition) is 1. The summed E-state index contributed by atoms with van der Waals surface area (Å²) >= 11 is 0. The second-order valence-electron chi connectivity index (χ2n) is 6.94. The number of nitrogens with zero attached hydrogens (tertiary/aromatic N) is 5. The molecule has 1 N–H and O–H groups in total. The highest BCUT2D eigenvalue weighted by molar-refractivity contribution is 5.56. The summed E-state index contributed by atoms with van der Waals surface area (Å²) < 4.78 is 7.47. The number of rotatable bonds is 3. The second-order valence-corrected chi connectivity index (χ2v) is 6.94. The van der Waals surface area contributed by atoms with Gasteiger partial charge in [0, 0.05) is 30.2 Å². The highest BCUT2D eigenvalue weighted by atomic mass is 16.5. The molecule has 1 saturated heterocycles. The first-order chi connectivity index (χ1) is 12.4. The van der Waals surface area contributed by atoms with Crippen molar-refractivity contribution in [2.75, 3.05) is 6.54 Å². The predicted molar refractivity (Wildman–Crippen MR) is 91.2 cm³/mol. The molecule has 1 aliphatic carbocycles. The largest absolute Gasteiger partial charge is 0.338 e. The van der Waals surface area contributed by atoms with E-state index >= 15 is 0 Å². The molecule has 7 nitrogen and oxygen atoms in total. The van der Waals surface area contributed by atoms with Crippen molar-refractivity contribution < 1.29 is 4.52 Å². The summed E-state index contributed by atoms with van der Waals surface area (Å²) in [5, 5.41) is 12.1. The van der Waals surface area contributed by atoms with Gasteiger partial charge in [-0.05, 0) is 44.0 Å². The molecule has 3 aromatic heterocycles. The zero-order valence-corrected chi connectivity index (χ0v) is 13.9. The molecule has 0 bridgehead atoms. The molecule has 1 aliphatic heterocycles. The summed E-state index contributed by atoms with van der Waals surface area (Å²) in [4.78, 5) is 9.15. The summed E-state index contributed by atoms with van der Waals surface area (Å²) in [5.41, 5.74) is 0.909. The quantitative estimate of drug-likeness (QED) is 0.791. The molecule has 0 unspecified atom stereocenters. The minimum Gasteiger partial charge on any atom is -0.338 e. The minimum atomic E-state index is 0.0152. The Kier molecular flexibility index (Phi) is 3.41. The van der Waals surface area contributed by atoms with Crippen molar-refractivity contribution in [3.63, 3.8) is 0 Å². The van der Waals surface area contributed by atoms with Crippen LogP contribution in [0.25, 0.3) is 17.2 Å². The van der Waals surface area contributed by atoms with Gasteiger partial charge in [-0.3, -0.25) is 0 Å². The minimum absolute atomic E-state index is 0.0152. The van der Waals surface area contributed by atoms with Crippen LogP contribution in [-0.2, 0) is 5.41 Å². The average Bonchev–Trinajstić information content (AvgIpc) is 3.42. The Morgan fingerprint density at radius 1 is 1.24 bits per heavy atom. The van der Waals surface area contributed by atoms with Gasteiger partial charge in [0.2, 0.25) is 11.7 Å². The van der Waals surface area contributed by atoms with E-state index in [4.69, 9.17) is 9.51 Å². The van der Waals surface area contributed by atoms with Crippen LogP contribution >= 0.6 is 0 Å². The van der Waals surface area contributed by atoms with Crippen molar-refractivity contribution in [2.45, 2.75) is 43.6 Å². The maximum Gasteiger partial charge on any atom is 0.234 e. The fourth-order valence-corrected chi connectivity index (χ4v) is 4.30. The molecule has 0 aromatic carbocycles. The fraction of sp³-hybridized carbons (Fsp3) is 0.444. The van der Waals surface area contributed by atoms with E-state index < -0.39 is 0 Å². The van der Waals surface area contributed by atoms with E-state index in [-0.39, 0.29) is 5.41 Å². The molecular formula is C18H20N6O. The second kappa shape index (κ2) is 5.77.